The smallest absolute Gasteiger partial charge is 0.191 e. The van der Waals surface area contributed by atoms with Gasteiger partial charge in [-0.15, -0.1) is 46.7 Å². The lowest BCUT2D eigenvalue weighted by Crippen LogP contribution is -2.38. The van der Waals surface area contributed by atoms with Crippen LogP contribution in [0.15, 0.2) is 16.6 Å². The van der Waals surface area contributed by atoms with Gasteiger partial charge in [0.1, 0.15) is 0 Å². The van der Waals surface area contributed by atoms with Crippen LogP contribution < -0.4 is 10.6 Å². The average Bonchev–Trinajstić information content (AvgIpc) is 3.21. The van der Waals surface area contributed by atoms with Crippen LogP contribution in [-0.2, 0) is 25.8 Å². The third-order valence-corrected chi connectivity index (χ3v) is 5.47. The first-order chi connectivity index (χ1) is 11.2. The van der Waals surface area contributed by atoms with Gasteiger partial charge in [0, 0.05) is 36.0 Å². The number of thiazole rings is 2. The van der Waals surface area contributed by atoms with Crippen LogP contribution in [0.3, 0.4) is 0 Å². The number of guanidine groups is 1. The van der Waals surface area contributed by atoms with E-state index >= 15 is 0 Å². The molecule has 0 radical (unpaired) electrons. The molecular formula is C16H26IN5S2. The van der Waals surface area contributed by atoms with Crippen LogP contribution >= 0.6 is 46.7 Å². The molecule has 2 heterocycles. The minimum atomic E-state index is 0. The van der Waals surface area contributed by atoms with E-state index in [0.29, 0.717) is 6.54 Å². The van der Waals surface area contributed by atoms with E-state index in [1.165, 1.54) is 14.9 Å². The van der Waals surface area contributed by atoms with Gasteiger partial charge in [-0.25, -0.2) is 15.0 Å². The molecule has 0 spiro atoms. The zero-order valence-corrected chi connectivity index (χ0v) is 18.4. The summed E-state index contributed by atoms with van der Waals surface area (Å²) < 4.78 is 0. The van der Waals surface area contributed by atoms with E-state index in [0.717, 1.165) is 44.0 Å². The fourth-order valence-electron chi connectivity index (χ4n) is 2.00. The molecule has 0 aliphatic rings. The summed E-state index contributed by atoms with van der Waals surface area (Å²) in [4.78, 5) is 14.9. The van der Waals surface area contributed by atoms with Gasteiger partial charge in [0.25, 0.3) is 0 Å². The Morgan fingerprint density at radius 2 is 2.00 bits per heavy atom. The minimum Gasteiger partial charge on any atom is -0.357 e. The van der Waals surface area contributed by atoms with Gasteiger partial charge in [-0.3, -0.25) is 0 Å². The van der Waals surface area contributed by atoms with Crippen molar-refractivity contribution in [3.05, 3.63) is 32.2 Å². The van der Waals surface area contributed by atoms with Crippen molar-refractivity contribution in [3.8, 4) is 0 Å². The molecule has 0 aromatic carbocycles. The number of hydrogen-bond donors (Lipinski definition) is 2. The molecule has 24 heavy (non-hydrogen) atoms. The summed E-state index contributed by atoms with van der Waals surface area (Å²) in [5.74, 6) is 0.839. The number of nitrogens with zero attached hydrogens (tertiary/aromatic N) is 3. The van der Waals surface area contributed by atoms with E-state index in [1.807, 2.05) is 6.20 Å². The normalized spacial score (nSPS) is 11.2. The van der Waals surface area contributed by atoms with Gasteiger partial charge in [0.15, 0.2) is 5.96 Å². The third kappa shape index (κ3) is 7.02. The van der Waals surface area contributed by atoms with Crippen molar-refractivity contribution >= 4 is 52.6 Å². The van der Waals surface area contributed by atoms with E-state index in [1.54, 1.807) is 22.7 Å². The molecule has 5 nitrogen and oxygen atoms in total. The number of aryl methyl sites for hydroxylation is 2. The number of hydrogen-bond acceptors (Lipinski definition) is 5. The van der Waals surface area contributed by atoms with Gasteiger partial charge in [-0.05, 0) is 19.8 Å². The van der Waals surface area contributed by atoms with Crippen LogP contribution in [0, 0.1) is 0 Å². The van der Waals surface area contributed by atoms with E-state index < -0.39 is 0 Å². The predicted octanol–water partition coefficient (Wildman–Crippen LogP) is 3.64. The highest BCUT2D eigenvalue weighted by molar-refractivity contribution is 14.0. The maximum Gasteiger partial charge on any atom is 0.191 e. The number of aliphatic imine (C=N–C) groups is 1. The lowest BCUT2D eigenvalue weighted by Gasteiger charge is -2.10. The number of halogens is 1. The fourth-order valence-corrected chi connectivity index (χ4v) is 3.60. The first-order valence-corrected chi connectivity index (χ1v) is 9.83. The number of rotatable bonds is 8. The van der Waals surface area contributed by atoms with Gasteiger partial charge in [0.05, 0.1) is 22.3 Å². The second-order valence-corrected chi connectivity index (χ2v) is 7.17. The quantitative estimate of drug-likeness (QED) is 0.345. The minimum absolute atomic E-state index is 0. The third-order valence-electron chi connectivity index (χ3n) is 3.23. The summed E-state index contributed by atoms with van der Waals surface area (Å²) >= 11 is 3.50. The van der Waals surface area contributed by atoms with Crippen LogP contribution in [0.5, 0.6) is 0 Å². The second-order valence-electron chi connectivity index (χ2n) is 5.03. The highest BCUT2D eigenvalue weighted by Crippen LogP contribution is 2.13. The Balaban J connectivity index is 0.00000288. The zero-order chi connectivity index (χ0) is 16.5. The number of aromatic nitrogens is 2. The molecule has 0 saturated carbocycles. The fraction of sp³-hybridized carbons (Fsp3) is 0.562. The predicted molar refractivity (Wildman–Crippen MR) is 115 cm³/mol. The monoisotopic (exact) mass is 479 g/mol. The molecule has 0 fully saturated rings. The molecule has 0 atom stereocenters. The van der Waals surface area contributed by atoms with Crippen molar-refractivity contribution in [1.82, 2.24) is 20.6 Å². The van der Waals surface area contributed by atoms with Gasteiger partial charge in [-0.1, -0.05) is 13.8 Å². The summed E-state index contributed by atoms with van der Waals surface area (Å²) in [7, 11) is 0. The Labute approximate surface area is 169 Å². The molecule has 0 bridgehead atoms. The molecule has 2 aromatic heterocycles. The van der Waals surface area contributed by atoms with Gasteiger partial charge in [-0.2, -0.15) is 0 Å². The molecule has 2 rings (SSSR count). The topological polar surface area (TPSA) is 62.2 Å². The molecule has 8 heteroatoms. The highest BCUT2D eigenvalue weighted by Gasteiger charge is 2.03. The van der Waals surface area contributed by atoms with Crippen LogP contribution in [0.2, 0.25) is 0 Å². The standard InChI is InChI=1S/C16H25N5S2.HI/c1-4-13-10-19-15(23-13)7-8-18-16(17-6-3)20-9-12-11-22-14(5-2)21-12;/h10-11H,4-9H2,1-3H3,(H2,17,18,20);1H. The Morgan fingerprint density at radius 1 is 1.17 bits per heavy atom. The Morgan fingerprint density at radius 3 is 2.62 bits per heavy atom. The van der Waals surface area contributed by atoms with Crippen molar-refractivity contribution in [3.63, 3.8) is 0 Å². The van der Waals surface area contributed by atoms with Gasteiger partial charge >= 0.3 is 0 Å². The average molecular weight is 479 g/mol. The van der Waals surface area contributed by atoms with Crippen molar-refractivity contribution in [2.45, 2.75) is 46.6 Å². The molecule has 0 saturated heterocycles. The van der Waals surface area contributed by atoms with Crippen LogP contribution in [-0.4, -0.2) is 29.0 Å². The van der Waals surface area contributed by atoms with Gasteiger partial charge < -0.3 is 10.6 Å². The molecule has 0 unspecified atom stereocenters. The first-order valence-electron chi connectivity index (χ1n) is 8.14. The lowest BCUT2D eigenvalue weighted by atomic mass is 10.4. The summed E-state index contributed by atoms with van der Waals surface area (Å²) in [5, 5.41) is 11.1. The Bertz CT molecular complexity index is 624. The largest absolute Gasteiger partial charge is 0.357 e. The first kappa shape index (κ1) is 21.3. The van der Waals surface area contributed by atoms with Crippen LogP contribution in [0.4, 0.5) is 0 Å². The molecule has 0 aliphatic carbocycles. The van der Waals surface area contributed by atoms with Crippen molar-refractivity contribution in [1.29, 1.82) is 0 Å². The van der Waals surface area contributed by atoms with E-state index in [2.05, 4.69) is 51.7 Å². The summed E-state index contributed by atoms with van der Waals surface area (Å²) in [6, 6.07) is 0. The highest BCUT2D eigenvalue weighted by atomic mass is 127. The molecule has 0 aliphatic heterocycles. The van der Waals surface area contributed by atoms with E-state index in [4.69, 9.17) is 0 Å². The van der Waals surface area contributed by atoms with E-state index in [9.17, 15) is 0 Å². The Kier molecular flexibility index (Phi) is 10.4. The van der Waals surface area contributed by atoms with Crippen LogP contribution in [0.25, 0.3) is 0 Å². The maximum absolute atomic E-state index is 4.61. The van der Waals surface area contributed by atoms with Crippen molar-refractivity contribution in [2.75, 3.05) is 13.1 Å². The van der Waals surface area contributed by atoms with Crippen molar-refractivity contribution in [2.24, 2.45) is 4.99 Å². The lowest BCUT2D eigenvalue weighted by molar-refractivity contribution is 0.794. The summed E-state index contributed by atoms with van der Waals surface area (Å²) in [5.41, 5.74) is 1.04. The van der Waals surface area contributed by atoms with E-state index in [-0.39, 0.29) is 24.0 Å². The molecule has 2 N–H and O–H groups in total. The number of nitrogens with one attached hydrogen (secondary N) is 2. The summed E-state index contributed by atoms with van der Waals surface area (Å²) in [6.07, 6.45) is 4.95. The van der Waals surface area contributed by atoms with Crippen molar-refractivity contribution < 1.29 is 0 Å². The van der Waals surface area contributed by atoms with Crippen LogP contribution in [0.1, 0.15) is 41.4 Å². The zero-order valence-electron chi connectivity index (χ0n) is 14.5. The Hall–Kier alpha value is -0.740. The second kappa shape index (κ2) is 11.8. The van der Waals surface area contributed by atoms with Gasteiger partial charge in [0.2, 0.25) is 0 Å². The molecule has 2 aromatic rings. The summed E-state index contributed by atoms with van der Waals surface area (Å²) in [6.45, 7) is 8.65. The maximum atomic E-state index is 4.61. The SMILES string of the molecule is CCNC(=NCc1csc(CC)n1)NCCc1ncc(CC)s1.I. The molecule has 134 valence electrons. The molecular weight excluding hydrogens is 453 g/mol. The molecule has 0 amide bonds.